The van der Waals surface area contributed by atoms with Crippen molar-refractivity contribution >= 4 is 5.69 Å². The van der Waals surface area contributed by atoms with E-state index in [9.17, 15) is 27.8 Å². The molecular weight excluding hydrogens is 480 g/mol. The minimum Gasteiger partial charge on any atom is -0.494 e. The average molecular weight is 513 g/mol. The summed E-state index contributed by atoms with van der Waals surface area (Å²) in [6.07, 6.45) is -0.974. The standard InChI is InChI=1S/C25H32F4N4O3/c1-36-22-10-18(26)17(9-19(22)27)20-8-15(12-32-6-2-4-16(32)13-34)21(11-31-20)33-7-3-5-25(30,14-33)23(35)24(28)29/h8-11,16,23-24,34-35H,2-7,12-14,30H2,1H3/t16-,23+,25+/m0/s1. The molecule has 2 saturated heterocycles. The molecule has 1 aromatic heterocycles. The van der Waals surface area contributed by atoms with Crippen LogP contribution >= 0.6 is 0 Å². The number of hydrogen-bond donors (Lipinski definition) is 3. The third-order valence-electron chi connectivity index (χ3n) is 7.29. The van der Waals surface area contributed by atoms with Crippen LogP contribution in [0.1, 0.15) is 31.2 Å². The van der Waals surface area contributed by atoms with E-state index < -0.39 is 29.7 Å². The van der Waals surface area contributed by atoms with Crippen LogP contribution in [-0.4, -0.2) is 77.6 Å². The van der Waals surface area contributed by atoms with Gasteiger partial charge < -0.3 is 25.6 Å². The lowest BCUT2D eigenvalue weighted by atomic mass is 9.84. The van der Waals surface area contributed by atoms with Gasteiger partial charge in [-0.3, -0.25) is 9.88 Å². The van der Waals surface area contributed by atoms with Gasteiger partial charge >= 0.3 is 0 Å². The summed E-state index contributed by atoms with van der Waals surface area (Å²) in [7, 11) is 1.25. The molecule has 1 aromatic carbocycles. The first-order valence-corrected chi connectivity index (χ1v) is 12.0. The fourth-order valence-corrected chi connectivity index (χ4v) is 5.27. The number of anilines is 1. The van der Waals surface area contributed by atoms with Gasteiger partial charge in [-0.25, -0.2) is 17.6 Å². The second-order valence-electron chi connectivity index (χ2n) is 9.65. The van der Waals surface area contributed by atoms with Crippen molar-refractivity contribution < 1.29 is 32.5 Å². The Hall–Kier alpha value is -2.47. The molecule has 0 amide bonds. The SMILES string of the molecule is COc1cc(F)c(-c2cc(CN3CCC[C@H]3CO)c(N3CCC[C@](N)([C@H](O)C(F)F)C3)cn2)cc1F. The Bertz CT molecular complexity index is 1080. The van der Waals surface area contributed by atoms with Crippen molar-refractivity contribution in [2.45, 2.75) is 56.3 Å². The zero-order chi connectivity index (χ0) is 26.0. The maximum absolute atomic E-state index is 14.8. The Morgan fingerprint density at radius 1 is 1.19 bits per heavy atom. The summed E-state index contributed by atoms with van der Waals surface area (Å²) in [5.74, 6) is -1.65. The molecule has 3 atom stereocenters. The van der Waals surface area contributed by atoms with Crippen molar-refractivity contribution in [1.29, 1.82) is 0 Å². The number of ether oxygens (including phenoxy) is 1. The highest BCUT2D eigenvalue weighted by molar-refractivity contribution is 5.66. The molecule has 0 unspecified atom stereocenters. The van der Waals surface area contributed by atoms with E-state index in [-0.39, 0.29) is 42.6 Å². The largest absolute Gasteiger partial charge is 0.494 e. The molecule has 198 valence electrons. The molecule has 0 bridgehead atoms. The highest BCUT2D eigenvalue weighted by atomic mass is 19.3. The predicted molar refractivity (Wildman–Crippen MR) is 127 cm³/mol. The van der Waals surface area contributed by atoms with Gasteiger partial charge in [0.25, 0.3) is 6.43 Å². The topological polar surface area (TPSA) is 95.1 Å². The summed E-state index contributed by atoms with van der Waals surface area (Å²) < 4.78 is 60.7. The Kier molecular flexibility index (Phi) is 8.03. The second kappa shape index (κ2) is 10.9. The van der Waals surface area contributed by atoms with Crippen LogP contribution in [0.5, 0.6) is 5.75 Å². The lowest BCUT2D eigenvalue weighted by Crippen LogP contribution is -2.63. The molecular formula is C25H32F4N4O3. The van der Waals surface area contributed by atoms with Gasteiger partial charge in [0.2, 0.25) is 0 Å². The first kappa shape index (κ1) is 26.6. The number of halogens is 4. The molecule has 0 aliphatic carbocycles. The van der Waals surface area contributed by atoms with Crippen molar-refractivity contribution in [3.8, 4) is 17.0 Å². The van der Waals surface area contributed by atoms with E-state index in [2.05, 4.69) is 9.88 Å². The van der Waals surface area contributed by atoms with Crippen LogP contribution in [0, 0.1) is 11.6 Å². The van der Waals surface area contributed by atoms with Gasteiger partial charge in [0.15, 0.2) is 11.6 Å². The maximum Gasteiger partial charge on any atom is 0.265 e. The van der Waals surface area contributed by atoms with Crippen LogP contribution < -0.4 is 15.4 Å². The molecule has 3 heterocycles. The van der Waals surface area contributed by atoms with E-state index in [1.165, 1.54) is 13.3 Å². The number of aliphatic hydroxyl groups is 2. The number of nitrogens with two attached hydrogens (primary N) is 1. The molecule has 36 heavy (non-hydrogen) atoms. The molecule has 0 radical (unpaired) electrons. The second-order valence-corrected chi connectivity index (χ2v) is 9.65. The van der Waals surface area contributed by atoms with Crippen molar-refractivity contribution in [3.05, 3.63) is 41.6 Å². The summed E-state index contributed by atoms with van der Waals surface area (Å²) in [6.45, 7) is 1.63. The van der Waals surface area contributed by atoms with Crippen LogP contribution in [0.3, 0.4) is 0 Å². The molecule has 2 aliphatic rings. The molecule has 7 nitrogen and oxygen atoms in total. The highest BCUT2D eigenvalue weighted by Crippen LogP contribution is 2.35. The number of aliphatic hydroxyl groups excluding tert-OH is 2. The van der Waals surface area contributed by atoms with Crippen molar-refractivity contribution in [2.75, 3.05) is 38.3 Å². The lowest BCUT2D eigenvalue weighted by molar-refractivity contribution is -0.0529. The predicted octanol–water partition coefficient (Wildman–Crippen LogP) is 2.92. The number of benzene rings is 1. The zero-order valence-corrected chi connectivity index (χ0v) is 20.1. The number of hydrogen-bond acceptors (Lipinski definition) is 7. The third kappa shape index (κ3) is 5.29. The summed E-state index contributed by atoms with van der Waals surface area (Å²) in [4.78, 5) is 8.29. The fraction of sp³-hybridized carbons (Fsp3) is 0.560. The monoisotopic (exact) mass is 512 g/mol. The Morgan fingerprint density at radius 3 is 2.67 bits per heavy atom. The maximum atomic E-state index is 14.8. The van der Waals surface area contributed by atoms with Crippen LogP contribution in [0.25, 0.3) is 11.3 Å². The minimum absolute atomic E-state index is 0.0121. The quantitative estimate of drug-likeness (QED) is 0.468. The van der Waals surface area contributed by atoms with Crippen molar-refractivity contribution in [1.82, 2.24) is 9.88 Å². The molecule has 0 saturated carbocycles. The smallest absolute Gasteiger partial charge is 0.265 e. The average Bonchev–Trinajstić information content (AvgIpc) is 3.31. The summed E-state index contributed by atoms with van der Waals surface area (Å²) in [6, 6.07) is 3.60. The number of aromatic nitrogens is 1. The highest BCUT2D eigenvalue weighted by Gasteiger charge is 2.43. The van der Waals surface area contributed by atoms with Gasteiger partial charge in [-0.05, 0) is 49.9 Å². The summed E-state index contributed by atoms with van der Waals surface area (Å²) in [5, 5.41) is 19.9. The van der Waals surface area contributed by atoms with E-state index in [4.69, 9.17) is 10.5 Å². The Morgan fingerprint density at radius 2 is 1.97 bits per heavy atom. The summed E-state index contributed by atoms with van der Waals surface area (Å²) in [5.41, 5.74) is 6.23. The first-order chi connectivity index (χ1) is 17.2. The van der Waals surface area contributed by atoms with Crippen LogP contribution in [0.15, 0.2) is 24.4 Å². The number of alkyl halides is 2. The number of likely N-dealkylation sites (tertiary alicyclic amines) is 1. The Balaban J connectivity index is 1.73. The number of nitrogens with zero attached hydrogens (tertiary/aromatic N) is 3. The van der Waals surface area contributed by atoms with Gasteiger partial charge in [-0.15, -0.1) is 0 Å². The molecule has 2 aliphatic heterocycles. The first-order valence-electron chi connectivity index (χ1n) is 12.0. The third-order valence-corrected chi connectivity index (χ3v) is 7.29. The fourth-order valence-electron chi connectivity index (χ4n) is 5.27. The summed E-state index contributed by atoms with van der Waals surface area (Å²) >= 11 is 0. The number of piperidine rings is 1. The Labute approximate surface area is 207 Å². The zero-order valence-electron chi connectivity index (χ0n) is 20.1. The minimum atomic E-state index is -2.97. The normalized spacial score (nSPS) is 23.9. The molecule has 2 fully saturated rings. The van der Waals surface area contributed by atoms with E-state index in [0.717, 1.165) is 31.5 Å². The van der Waals surface area contributed by atoms with Gasteiger partial charge in [-0.1, -0.05) is 0 Å². The lowest BCUT2D eigenvalue weighted by Gasteiger charge is -2.44. The van der Waals surface area contributed by atoms with Crippen LogP contribution in [0.4, 0.5) is 23.2 Å². The number of methoxy groups -OCH3 is 1. The molecule has 2 aromatic rings. The molecule has 0 spiro atoms. The molecule has 11 heteroatoms. The molecule has 4 N–H and O–H groups in total. The van der Waals surface area contributed by atoms with E-state index in [1.807, 2.05) is 4.90 Å². The van der Waals surface area contributed by atoms with Gasteiger partial charge in [0.05, 0.1) is 36.8 Å². The number of rotatable bonds is 8. The van der Waals surface area contributed by atoms with E-state index in [0.29, 0.717) is 30.8 Å². The van der Waals surface area contributed by atoms with Gasteiger partial charge in [0, 0.05) is 37.3 Å². The van der Waals surface area contributed by atoms with Crippen molar-refractivity contribution in [3.63, 3.8) is 0 Å². The van der Waals surface area contributed by atoms with E-state index in [1.54, 1.807) is 6.07 Å². The van der Waals surface area contributed by atoms with E-state index >= 15 is 0 Å². The van der Waals surface area contributed by atoms with Gasteiger partial charge in [0.1, 0.15) is 11.9 Å². The number of pyridine rings is 1. The molecule has 4 rings (SSSR count). The van der Waals surface area contributed by atoms with Crippen molar-refractivity contribution in [2.24, 2.45) is 5.73 Å². The van der Waals surface area contributed by atoms with Crippen LogP contribution in [-0.2, 0) is 6.54 Å². The van der Waals surface area contributed by atoms with Gasteiger partial charge in [-0.2, -0.15) is 0 Å². The van der Waals surface area contributed by atoms with Crippen LogP contribution in [0.2, 0.25) is 0 Å².